The number of carbonyl (C=O) groups is 2. The third-order valence-electron chi connectivity index (χ3n) is 2.96. The van der Waals surface area contributed by atoms with Gasteiger partial charge in [0.15, 0.2) is 0 Å². The van der Waals surface area contributed by atoms with Gasteiger partial charge in [0.2, 0.25) is 0 Å². The third-order valence-corrected chi connectivity index (χ3v) is 2.96. The zero-order valence-electron chi connectivity index (χ0n) is 13.8. The lowest BCUT2D eigenvalue weighted by atomic mass is 10.1. The molecule has 2 aromatic rings. The van der Waals surface area contributed by atoms with Crippen molar-refractivity contribution >= 4 is 23.4 Å². The molecule has 2 aromatic carbocycles. The molecule has 0 saturated carbocycles. The Hall–Kier alpha value is -3.02. The number of hydrogen-bond acceptors (Lipinski definition) is 4. The van der Waals surface area contributed by atoms with Gasteiger partial charge in [-0.25, -0.2) is 4.79 Å². The molecule has 0 radical (unpaired) electrons. The first-order valence-corrected chi connectivity index (χ1v) is 7.44. The van der Waals surface area contributed by atoms with Crippen LogP contribution in [0.25, 0.3) is 0 Å². The van der Waals surface area contributed by atoms with Crippen molar-refractivity contribution in [2.45, 2.75) is 26.4 Å². The lowest BCUT2D eigenvalue weighted by Gasteiger charge is -2.20. The van der Waals surface area contributed by atoms with Gasteiger partial charge < -0.3 is 15.2 Å². The van der Waals surface area contributed by atoms with Gasteiger partial charge in [0.1, 0.15) is 11.4 Å². The summed E-state index contributed by atoms with van der Waals surface area (Å²) in [5, 5.41) is 15.0. The van der Waals surface area contributed by atoms with Crippen molar-refractivity contribution in [1.82, 2.24) is 0 Å². The van der Waals surface area contributed by atoms with Crippen LogP contribution < -0.4 is 10.6 Å². The molecule has 0 aromatic heterocycles. The van der Waals surface area contributed by atoms with Crippen LogP contribution in [0.5, 0.6) is 5.75 Å². The number of hydrogen-bond donors (Lipinski definition) is 3. The number of nitrogens with one attached hydrogen (secondary N) is 2. The molecule has 0 aliphatic carbocycles. The Balaban J connectivity index is 2.16. The summed E-state index contributed by atoms with van der Waals surface area (Å²) in [6, 6.07) is 13.0. The largest absolute Gasteiger partial charge is 0.507 e. The van der Waals surface area contributed by atoms with Crippen LogP contribution in [0.2, 0.25) is 0 Å². The smallest absolute Gasteiger partial charge is 0.412 e. The van der Waals surface area contributed by atoms with Crippen LogP contribution in [0, 0.1) is 0 Å². The number of amides is 2. The molecule has 0 saturated heterocycles. The minimum atomic E-state index is -0.627. The van der Waals surface area contributed by atoms with Crippen molar-refractivity contribution < 1.29 is 19.4 Å². The highest BCUT2D eigenvalue weighted by molar-refractivity contribution is 6.08. The number of aromatic hydroxyl groups is 1. The van der Waals surface area contributed by atoms with Crippen molar-refractivity contribution in [3.8, 4) is 5.75 Å². The Morgan fingerprint density at radius 2 is 1.46 bits per heavy atom. The fourth-order valence-electron chi connectivity index (χ4n) is 1.97. The number of anilines is 2. The first-order chi connectivity index (χ1) is 11.3. The second kappa shape index (κ2) is 7.04. The molecule has 2 amide bonds. The number of para-hydroxylation sites is 3. The molecule has 0 atom stereocenters. The van der Waals surface area contributed by atoms with Crippen LogP contribution in [0.4, 0.5) is 16.2 Å². The number of carbonyl (C=O) groups excluding carboxylic acids is 2. The van der Waals surface area contributed by atoms with Crippen LogP contribution in [-0.4, -0.2) is 22.7 Å². The van der Waals surface area contributed by atoms with Crippen molar-refractivity contribution in [3.63, 3.8) is 0 Å². The maximum absolute atomic E-state index is 12.3. The highest BCUT2D eigenvalue weighted by atomic mass is 16.6. The minimum Gasteiger partial charge on any atom is -0.507 e. The first kappa shape index (κ1) is 17.3. The summed E-state index contributed by atoms with van der Waals surface area (Å²) >= 11 is 0. The monoisotopic (exact) mass is 328 g/mol. The highest BCUT2D eigenvalue weighted by Crippen LogP contribution is 2.24. The van der Waals surface area contributed by atoms with Gasteiger partial charge in [-0.15, -0.1) is 0 Å². The first-order valence-electron chi connectivity index (χ1n) is 7.44. The van der Waals surface area contributed by atoms with Gasteiger partial charge in [0.05, 0.1) is 16.9 Å². The van der Waals surface area contributed by atoms with Crippen LogP contribution in [0.15, 0.2) is 48.5 Å². The van der Waals surface area contributed by atoms with Crippen LogP contribution >= 0.6 is 0 Å². The van der Waals surface area contributed by atoms with E-state index in [4.69, 9.17) is 4.74 Å². The zero-order valence-corrected chi connectivity index (χ0v) is 13.8. The van der Waals surface area contributed by atoms with E-state index in [2.05, 4.69) is 10.6 Å². The van der Waals surface area contributed by atoms with Crippen LogP contribution in [0.1, 0.15) is 31.1 Å². The fourth-order valence-corrected chi connectivity index (χ4v) is 1.97. The van der Waals surface area contributed by atoms with E-state index in [1.807, 2.05) is 0 Å². The van der Waals surface area contributed by atoms with E-state index in [9.17, 15) is 14.7 Å². The molecule has 0 heterocycles. The summed E-state index contributed by atoms with van der Waals surface area (Å²) in [5.41, 5.74) is 0.315. The highest BCUT2D eigenvalue weighted by Gasteiger charge is 2.18. The second-order valence-corrected chi connectivity index (χ2v) is 6.14. The van der Waals surface area contributed by atoms with E-state index in [0.717, 1.165) is 0 Å². The molecule has 0 aliphatic heterocycles. The molecule has 3 N–H and O–H groups in total. The average molecular weight is 328 g/mol. The number of benzene rings is 2. The van der Waals surface area contributed by atoms with E-state index < -0.39 is 17.6 Å². The standard InChI is InChI=1S/C18H20N2O4/c1-18(2,3)24-17(23)20-14-10-6-5-9-13(14)19-16(22)12-8-4-7-11-15(12)21/h4-11,21H,1-3H3,(H,19,22)(H,20,23). The minimum absolute atomic E-state index is 0.118. The topological polar surface area (TPSA) is 87.7 Å². The lowest BCUT2D eigenvalue weighted by molar-refractivity contribution is 0.0635. The second-order valence-electron chi connectivity index (χ2n) is 6.14. The maximum Gasteiger partial charge on any atom is 0.412 e. The summed E-state index contributed by atoms with van der Waals surface area (Å²) in [4.78, 5) is 24.2. The van der Waals surface area contributed by atoms with Gasteiger partial charge in [-0.05, 0) is 45.0 Å². The van der Waals surface area contributed by atoms with Crippen LogP contribution in [0.3, 0.4) is 0 Å². The number of ether oxygens (including phenoxy) is 1. The van der Waals surface area contributed by atoms with Gasteiger partial charge in [0.25, 0.3) is 5.91 Å². The molecule has 0 unspecified atom stereocenters. The number of rotatable bonds is 3. The molecule has 2 rings (SSSR count). The van der Waals surface area contributed by atoms with Gasteiger partial charge in [-0.3, -0.25) is 10.1 Å². The van der Waals surface area contributed by atoms with E-state index >= 15 is 0 Å². The number of phenolic OH excluding ortho intramolecular Hbond substituents is 1. The molecular formula is C18H20N2O4. The Morgan fingerprint density at radius 1 is 0.917 bits per heavy atom. The van der Waals surface area contributed by atoms with E-state index in [1.165, 1.54) is 12.1 Å². The molecule has 24 heavy (non-hydrogen) atoms. The summed E-state index contributed by atoms with van der Waals surface area (Å²) in [6.07, 6.45) is -0.619. The van der Waals surface area contributed by atoms with Crippen molar-refractivity contribution in [2.24, 2.45) is 0 Å². The Morgan fingerprint density at radius 3 is 2.04 bits per heavy atom. The molecule has 0 aliphatic rings. The average Bonchev–Trinajstić information content (AvgIpc) is 2.47. The maximum atomic E-state index is 12.3. The summed E-state index contributed by atoms with van der Waals surface area (Å²) in [7, 11) is 0. The van der Waals surface area contributed by atoms with E-state index in [-0.39, 0.29) is 11.3 Å². The molecule has 126 valence electrons. The Bertz CT molecular complexity index is 751. The fraction of sp³-hybridized carbons (Fsp3) is 0.222. The summed E-state index contributed by atoms with van der Waals surface area (Å²) in [5.74, 6) is -0.598. The van der Waals surface area contributed by atoms with Gasteiger partial charge in [-0.1, -0.05) is 24.3 Å². The van der Waals surface area contributed by atoms with E-state index in [1.54, 1.807) is 57.2 Å². The lowest BCUT2D eigenvalue weighted by Crippen LogP contribution is -2.27. The Labute approximate surface area is 140 Å². The predicted octanol–water partition coefficient (Wildman–Crippen LogP) is 3.99. The van der Waals surface area contributed by atoms with Crippen molar-refractivity contribution in [3.05, 3.63) is 54.1 Å². The summed E-state index contributed by atoms with van der Waals surface area (Å²) < 4.78 is 5.20. The quantitative estimate of drug-likeness (QED) is 0.795. The molecule has 0 fully saturated rings. The van der Waals surface area contributed by atoms with Crippen molar-refractivity contribution in [2.75, 3.05) is 10.6 Å². The number of phenols is 1. The zero-order chi connectivity index (χ0) is 17.7. The van der Waals surface area contributed by atoms with Gasteiger partial charge in [0, 0.05) is 0 Å². The normalized spacial score (nSPS) is 10.8. The van der Waals surface area contributed by atoms with Gasteiger partial charge in [-0.2, -0.15) is 0 Å². The van der Waals surface area contributed by atoms with E-state index in [0.29, 0.717) is 11.4 Å². The SMILES string of the molecule is CC(C)(C)OC(=O)Nc1ccccc1NC(=O)c1ccccc1O. The third kappa shape index (κ3) is 4.74. The molecule has 0 spiro atoms. The van der Waals surface area contributed by atoms with Crippen molar-refractivity contribution in [1.29, 1.82) is 0 Å². The Kier molecular flexibility index (Phi) is 5.08. The van der Waals surface area contributed by atoms with Gasteiger partial charge >= 0.3 is 6.09 Å². The molecular weight excluding hydrogens is 308 g/mol. The van der Waals surface area contributed by atoms with Crippen LogP contribution in [-0.2, 0) is 4.74 Å². The molecule has 0 bridgehead atoms. The predicted molar refractivity (Wildman–Crippen MR) is 92.4 cm³/mol. The molecule has 6 heteroatoms. The summed E-state index contributed by atoms with van der Waals surface area (Å²) in [6.45, 7) is 5.29. The molecule has 6 nitrogen and oxygen atoms in total.